The van der Waals surface area contributed by atoms with E-state index < -0.39 is 28.2 Å². The number of nitrogens with zero attached hydrogens (tertiary/aromatic N) is 3. The molecule has 10 nitrogen and oxygen atoms in total. The molecule has 4 heterocycles. The Hall–Kier alpha value is -1.18. The molecular formula is C18H28N4O6S2. The first kappa shape index (κ1) is 22.0. The Bertz CT molecular complexity index is 891. The van der Waals surface area contributed by atoms with E-state index in [0.29, 0.717) is 37.5 Å². The van der Waals surface area contributed by atoms with Crippen LogP contribution in [0.15, 0.2) is 10.6 Å². The predicted octanol–water partition coefficient (Wildman–Crippen LogP) is -0.904. The lowest BCUT2D eigenvalue weighted by atomic mass is 9.79. The minimum Gasteiger partial charge on any atom is -0.477 e. The average Bonchev–Trinajstić information content (AvgIpc) is 3.27. The van der Waals surface area contributed by atoms with Crippen molar-refractivity contribution < 1.29 is 28.2 Å². The Balaban J connectivity index is 1.44. The fourth-order valence-corrected chi connectivity index (χ4v) is 7.89. The molecule has 2 unspecified atom stereocenters. The highest BCUT2D eigenvalue weighted by molar-refractivity contribution is 8.03. The monoisotopic (exact) mass is 460 g/mol. The molecule has 0 aromatic rings. The molecule has 0 aliphatic carbocycles. The van der Waals surface area contributed by atoms with Crippen LogP contribution in [0.3, 0.4) is 0 Å². The zero-order chi connectivity index (χ0) is 22.0. The minimum atomic E-state index is -3.38. The van der Waals surface area contributed by atoms with E-state index in [9.17, 15) is 28.2 Å². The maximum atomic E-state index is 12.4. The second kappa shape index (κ2) is 7.75. The Kier molecular flexibility index (Phi) is 5.69. The van der Waals surface area contributed by atoms with Crippen molar-refractivity contribution in [1.82, 2.24) is 18.8 Å². The normalized spacial score (nSPS) is 37.5. The predicted molar refractivity (Wildman–Crippen MR) is 111 cm³/mol. The second-order valence-corrected chi connectivity index (χ2v) is 11.9. The fraction of sp³-hybridized carbons (Fsp3) is 0.778. The third kappa shape index (κ3) is 3.37. The van der Waals surface area contributed by atoms with Gasteiger partial charge in [0.1, 0.15) is 5.70 Å². The van der Waals surface area contributed by atoms with Crippen molar-refractivity contribution in [3.63, 3.8) is 0 Å². The number of aliphatic hydroxyl groups is 1. The molecule has 0 aromatic carbocycles. The molecule has 4 rings (SSSR count). The molecule has 3 fully saturated rings. The minimum absolute atomic E-state index is 0.00163. The third-order valence-electron chi connectivity index (χ3n) is 6.59. The van der Waals surface area contributed by atoms with Gasteiger partial charge in [-0.2, -0.15) is 17.0 Å². The summed E-state index contributed by atoms with van der Waals surface area (Å²) in [6.45, 7) is 5.45. The zero-order valence-corrected chi connectivity index (χ0v) is 18.8. The van der Waals surface area contributed by atoms with Crippen LogP contribution >= 0.6 is 11.8 Å². The first-order valence-electron chi connectivity index (χ1n) is 10.1. The van der Waals surface area contributed by atoms with Gasteiger partial charge in [0.25, 0.3) is 10.2 Å². The maximum Gasteiger partial charge on any atom is 0.353 e. The highest BCUT2D eigenvalue weighted by atomic mass is 32.2. The number of carbonyl (C=O) groups is 2. The molecular weight excluding hydrogens is 432 g/mol. The van der Waals surface area contributed by atoms with Crippen molar-refractivity contribution in [3.05, 3.63) is 10.6 Å². The molecule has 0 radical (unpaired) electrons. The van der Waals surface area contributed by atoms with Gasteiger partial charge in [-0.05, 0) is 13.3 Å². The number of β-lactam (4-membered cyclic amide) rings is 1. The van der Waals surface area contributed by atoms with Crippen LogP contribution in [0.4, 0.5) is 0 Å². The highest BCUT2D eigenvalue weighted by Crippen LogP contribution is 2.51. The van der Waals surface area contributed by atoms with E-state index in [1.807, 2.05) is 6.92 Å². The molecule has 12 heteroatoms. The number of carboxylic acids is 1. The van der Waals surface area contributed by atoms with E-state index >= 15 is 0 Å². The summed E-state index contributed by atoms with van der Waals surface area (Å²) in [5.41, 5.74) is 0.0339. The van der Waals surface area contributed by atoms with Crippen molar-refractivity contribution >= 4 is 33.8 Å². The number of aliphatic carboxylic acids is 1. The summed E-state index contributed by atoms with van der Waals surface area (Å²) in [6.07, 6.45) is -0.110. The molecule has 0 saturated carbocycles. The summed E-state index contributed by atoms with van der Waals surface area (Å²) in [7, 11) is -1.81. The Labute approximate surface area is 180 Å². The quantitative estimate of drug-likeness (QED) is 0.435. The summed E-state index contributed by atoms with van der Waals surface area (Å²) in [5.74, 6) is -2.19. The molecule has 3 N–H and O–H groups in total. The number of hydrogen-bond acceptors (Lipinski definition) is 7. The molecule has 0 aromatic heterocycles. The lowest BCUT2D eigenvalue weighted by Gasteiger charge is -2.46. The Morgan fingerprint density at radius 1 is 1.37 bits per heavy atom. The lowest BCUT2D eigenvalue weighted by molar-refractivity contribution is -0.163. The Morgan fingerprint density at radius 2 is 2.07 bits per heavy atom. The third-order valence-corrected chi connectivity index (χ3v) is 10.1. The van der Waals surface area contributed by atoms with Gasteiger partial charge in [0.15, 0.2) is 0 Å². The van der Waals surface area contributed by atoms with Crippen LogP contribution in [0.1, 0.15) is 20.3 Å². The standard InChI is InChI=1S/C18H28N4O6S2/c1-9-14-13(10(2)23)17(24)22(14)15(18(25)26)16(9)29-12-6-11(19-7-12)8-21-5-4-20(3)30(21,27)28/h9-14,19,23H,4-8H2,1-3H3,(H,25,26)/t9-,10-,11+,12+,13?,14?/m1/s1. The zero-order valence-electron chi connectivity index (χ0n) is 17.2. The molecule has 6 atom stereocenters. The van der Waals surface area contributed by atoms with Crippen molar-refractivity contribution in [3.8, 4) is 0 Å². The topological polar surface area (TPSA) is 130 Å². The molecule has 0 bridgehead atoms. The lowest BCUT2D eigenvalue weighted by Crippen LogP contribution is -2.63. The van der Waals surface area contributed by atoms with Crippen molar-refractivity contribution in [2.24, 2.45) is 11.8 Å². The number of thioether (sulfide) groups is 1. The van der Waals surface area contributed by atoms with E-state index in [-0.39, 0.29) is 34.9 Å². The van der Waals surface area contributed by atoms with Crippen LogP contribution in [-0.2, 0) is 19.8 Å². The van der Waals surface area contributed by atoms with Gasteiger partial charge < -0.3 is 20.4 Å². The number of rotatable bonds is 6. The first-order chi connectivity index (χ1) is 14.0. The fourth-order valence-electron chi connectivity index (χ4n) is 4.98. The number of likely N-dealkylation sites (N-methyl/N-ethyl adjacent to an activating group) is 1. The number of carbonyl (C=O) groups excluding carboxylic acids is 1. The maximum absolute atomic E-state index is 12.4. The number of hydrogen-bond donors (Lipinski definition) is 3. The van der Waals surface area contributed by atoms with Crippen LogP contribution in [0.25, 0.3) is 0 Å². The summed E-state index contributed by atoms with van der Waals surface area (Å²) in [5, 5.41) is 23.1. The van der Waals surface area contributed by atoms with Crippen LogP contribution in [0, 0.1) is 11.8 Å². The SMILES string of the molecule is C[C@@H](O)C1C(=O)N2C(C(=O)O)=C(S[C@@H]3CN[C@H](CN4CCN(C)S4(=O)=O)C3)[C@H](C)C12. The van der Waals surface area contributed by atoms with Gasteiger partial charge in [-0.25, -0.2) is 4.79 Å². The molecule has 4 aliphatic rings. The molecule has 1 amide bonds. The Morgan fingerprint density at radius 3 is 2.63 bits per heavy atom. The highest BCUT2D eigenvalue weighted by Gasteiger charge is 2.60. The van der Waals surface area contributed by atoms with Crippen LogP contribution in [-0.4, -0.2) is 101 Å². The van der Waals surface area contributed by atoms with Gasteiger partial charge >= 0.3 is 5.97 Å². The summed E-state index contributed by atoms with van der Waals surface area (Å²) < 4.78 is 27.4. The van der Waals surface area contributed by atoms with E-state index in [1.54, 1.807) is 14.0 Å². The van der Waals surface area contributed by atoms with Gasteiger partial charge in [0, 0.05) is 55.3 Å². The summed E-state index contributed by atoms with van der Waals surface area (Å²) in [4.78, 5) is 26.4. The second-order valence-electron chi connectivity index (χ2n) is 8.54. The van der Waals surface area contributed by atoms with Crippen molar-refractivity contribution in [2.45, 2.75) is 43.7 Å². The molecule has 0 spiro atoms. The van der Waals surface area contributed by atoms with Crippen LogP contribution < -0.4 is 5.32 Å². The van der Waals surface area contributed by atoms with E-state index in [1.165, 1.54) is 25.3 Å². The van der Waals surface area contributed by atoms with Gasteiger partial charge in [0.05, 0.1) is 18.1 Å². The number of carboxylic acid groups (broad SMARTS) is 1. The van der Waals surface area contributed by atoms with Gasteiger partial charge in [-0.15, -0.1) is 11.8 Å². The van der Waals surface area contributed by atoms with E-state index in [0.717, 1.165) is 0 Å². The number of aliphatic hydroxyl groups excluding tert-OH is 1. The molecule has 3 saturated heterocycles. The van der Waals surface area contributed by atoms with E-state index in [2.05, 4.69) is 5.32 Å². The smallest absolute Gasteiger partial charge is 0.353 e. The molecule has 30 heavy (non-hydrogen) atoms. The number of amides is 1. The van der Waals surface area contributed by atoms with Crippen LogP contribution in [0.5, 0.6) is 0 Å². The number of fused-ring (bicyclic) bond motifs is 1. The van der Waals surface area contributed by atoms with Crippen molar-refractivity contribution in [1.29, 1.82) is 0 Å². The summed E-state index contributed by atoms with van der Waals surface area (Å²) >= 11 is 1.47. The first-order valence-corrected chi connectivity index (χ1v) is 12.4. The number of nitrogens with one attached hydrogen (secondary N) is 1. The van der Waals surface area contributed by atoms with Gasteiger partial charge in [0.2, 0.25) is 5.91 Å². The van der Waals surface area contributed by atoms with Crippen LogP contribution in [0.2, 0.25) is 0 Å². The van der Waals surface area contributed by atoms with Gasteiger partial charge in [-0.1, -0.05) is 6.92 Å². The molecule has 168 valence electrons. The van der Waals surface area contributed by atoms with Gasteiger partial charge in [-0.3, -0.25) is 4.79 Å². The summed E-state index contributed by atoms with van der Waals surface area (Å²) in [6, 6.07) is -0.320. The van der Waals surface area contributed by atoms with Crippen molar-refractivity contribution in [2.75, 3.05) is 33.2 Å². The van der Waals surface area contributed by atoms with E-state index in [4.69, 9.17) is 0 Å². The average molecular weight is 461 g/mol. The largest absolute Gasteiger partial charge is 0.477 e. The molecule has 4 aliphatic heterocycles.